The third-order valence-corrected chi connectivity index (χ3v) is 4.84. The van der Waals surface area contributed by atoms with Gasteiger partial charge in [-0.3, -0.25) is 4.79 Å². The number of carbonyl (C=O) groups is 1. The van der Waals surface area contributed by atoms with Crippen LogP contribution >= 0.6 is 0 Å². The minimum absolute atomic E-state index is 0.179. The summed E-state index contributed by atoms with van der Waals surface area (Å²) in [4.78, 5) is 13.0. The minimum atomic E-state index is -0.309. The number of benzene rings is 2. The smallest absolute Gasteiger partial charge is 0.255 e. The first-order valence-corrected chi connectivity index (χ1v) is 8.31. The number of amides is 1. The maximum atomic E-state index is 13.0. The number of methoxy groups -OCH3 is 3. The van der Waals surface area contributed by atoms with Gasteiger partial charge in [-0.2, -0.15) is 0 Å². The molecule has 1 aliphatic carbocycles. The van der Waals surface area contributed by atoms with Crippen LogP contribution in [0.1, 0.15) is 35.2 Å². The van der Waals surface area contributed by atoms with Gasteiger partial charge in [0.05, 0.1) is 32.4 Å². The van der Waals surface area contributed by atoms with Crippen molar-refractivity contribution in [3.8, 4) is 17.2 Å². The van der Waals surface area contributed by atoms with Gasteiger partial charge in [0, 0.05) is 12.1 Å². The van der Waals surface area contributed by atoms with Gasteiger partial charge < -0.3 is 19.5 Å². The van der Waals surface area contributed by atoms with E-state index in [4.69, 9.17) is 14.2 Å². The van der Waals surface area contributed by atoms with E-state index in [1.54, 1.807) is 26.4 Å². The lowest BCUT2D eigenvalue weighted by Crippen LogP contribution is -2.50. The topological polar surface area (TPSA) is 56.8 Å². The predicted molar refractivity (Wildman–Crippen MR) is 95.5 cm³/mol. The van der Waals surface area contributed by atoms with Crippen molar-refractivity contribution < 1.29 is 19.0 Å². The van der Waals surface area contributed by atoms with Gasteiger partial charge in [0.1, 0.15) is 5.75 Å². The van der Waals surface area contributed by atoms with Crippen LogP contribution in [-0.2, 0) is 5.54 Å². The molecule has 132 valence electrons. The number of ether oxygens (including phenoxy) is 3. The molecule has 1 amide bonds. The fraction of sp³-hybridized carbons (Fsp3) is 0.350. The molecule has 0 saturated heterocycles. The molecule has 1 aliphatic rings. The third-order valence-electron chi connectivity index (χ3n) is 4.84. The Bertz CT molecular complexity index is 754. The van der Waals surface area contributed by atoms with Crippen LogP contribution in [0.15, 0.2) is 42.5 Å². The molecule has 0 atom stereocenters. The Morgan fingerprint density at radius 2 is 1.52 bits per heavy atom. The lowest BCUT2D eigenvalue weighted by atomic mass is 9.71. The third kappa shape index (κ3) is 3.14. The van der Waals surface area contributed by atoms with Gasteiger partial charge in [0.15, 0.2) is 11.5 Å². The van der Waals surface area contributed by atoms with Crippen molar-refractivity contribution in [3.63, 3.8) is 0 Å². The number of nitrogens with one attached hydrogen (secondary N) is 1. The first-order valence-electron chi connectivity index (χ1n) is 8.31. The zero-order chi connectivity index (χ0) is 17.9. The highest BCUT2D eigenvalue weighted by atomic mass is 16.5. The second-order valence-electron chi connectivity index (χ2n) is 6.16. The number of hydrogen-bond donors (Lipinski definition) is 1. The van der Waals surface area contributed by atoms with E-state index in [1.807, 2.05) is 18.2 Å². The molecule has 0 aromatic heterocycles. The summed E-state index contributed by atoms with van der Waals surface area (Å²) in [6.45, 7) is 0. The monoisotopic (exact) mass is 341 g/mol. The Kier molecular flexibility index (Phi) is 4.83. The molecule has 1 fully saturated rings. The summed E-state index contributed by atoms with van der Waals surface area (Å²) in [5.74, 6) is 1.30. The van der Waals surface area contributed by atoms with E-state index in [0.717, 1.165) is 24.8 Å². The molecule has 5 heteroatoms. The van der Waals surface area contributed by atoms with E-state index >= 15 is 0 Å². The fourth-order valence-electron chi connectivity index (χ4n) is 3.26. The minimum Gasteiger partial charge on any atom is -0.496 e. The molecule has 0 bridgehead atoms. The maximum absolute atomic E-state index is 13.0. The van der Waals surface area contributed by atoms with Gasteiger partial charge in [-0.25, -0.2) is 0 Å². The molecule has 0 radical (unpaired) electrons. The molecule has 2 aromatic carbocycles. The van der Waals surface area contributed by atoms with Crippen LogP contribution in [0.3, 0.4) is 0 Å². The lowest BCUT2D eigenvalue weighted by Gasteiger charge is -2.43. The van der Waals surface area contributed by atoms with Crippen LogP contribution in [0.4, 0.5) is 0 Å². The van der Waals surface area contributed by atoms with Crippen LogP contribution in [0.25, 0.3) is 0 Å². The molecule has 0 spiro atoms. The summed E-state index contributed by atoms with van der Waals surface area (Å²) in [6.07, 6.45) is 2.95. The van der Waals surface area contributed by atoms with Crippen molar-refractivity contribution in [2.45, 2.75) is 24.8 Å². The van der Waals surface area contributed by atoms with Gasteiger partial charge in [-0.1, -0.05) is 30.3 Å². The highest BCUT2D eigenvalue weighted by Crippen LogP contribution is 2.42. The largest absolute Gasteiger partial charge is 0.496 e. The van der Waals surface area contributed by atoms with Gasteiger partial charge in [0.2, 0.25) is 0 Å². The van der Waals surface area contributed by atoms with Crippen molar-refractivity contribution in [2.75, 3.05) is 21.3 Å². The van der Waals surface area contributed by atoms with E-state index < -0.39 is 0 Å². The Morgan fingerprint density at radius 1 is 0.920 bits per heavy atom. The molecule has 0 aliphatic heterocycles. The van der Waals surface area contributed by atoms with Crippen molar-refractivity contribution in [1.82, 2.24) is 5.32 Å². The molecule has 5 nitrogen and oxygen atoms in total. The fourth-order valence-corrected chi connectivity index (χ4v) is 3.26. The summed E-state index contributed by atoms with van der Waals surface area (Å²) in [5.41, 5.74) is 1.26. The van der Waals surface area contributed by atoms with Crippen LogP contribution in [0.5, 0.6) is 17.2 Å². The zero-order valence-electron chi connectivity index (χ0n) is 14.8. The first kappa shape index (κ1) is 17.1. The standard InChI is InChI=1S/C20H23NO4/c1-23-16-13-18(25-3)17(24-2)12-15(16)19(22)21-20(10-7-11-20)14-8-5-4-6-9-14/h4-6,8-9,12-13H,7,10-11H2,1-3H3,(H,21,22). The Morgan fingerprint density at radius 3 is 2.04 bits per heavy atom. The van der Waals surface area contributed by atoms with Crippen LogP contribution in [-0.4, -0.2) is 27.2 Å². The lowest BCUT2D eigenvalue weighted by molar-refractivity contribution is 0.0820. The van der Waals surface area contributed by atoms with Gasteiger partial charge >= 0.3 is 0 Å². The second kappa shape index (κ2) is 7.05. The van der Waals surface area contributed by atoms with Gasteiger partial charge in [-0.15, -0.1) is 0 Å². The Balaban J connectivity index is 1.93. The number of hydrogen-bond acceptors (Lipinski definition) is 4. The maximum Gasteiger partial charge on any atom is 0.255 e. The van der Waals surface area contributed by atoms with Crippen LogP contribution < -0.4 is 19.5 Å². The van der Waals surface area contributed by atoms with E-state index in [0.29, 0.717) is 22.8 Å². The quantitative estimate of drug-likeness (QED) is 0.873. The summed E-state index contributed by atoms with van der Waals surface area (Å²) in [6, 6.07) is 13.4. The van der Waals surface area contributed by atoms with Crippen LogP contribution in [0, 0.1) is 0 Å². The average Bonchev–Trinajstić information content (AvgIpc) is 2.63. The molecule has 0 unspecified atom stereocenters. The van der Waals surface area contributed by atoms with Crippen molar-refractivity contribution in [2.24, 2.45) is 0 Å². The Hall–Kier alpha value is -2.69. The number of rotatable bonds is 6. The molecule has 1 N–H and O–H groups in total. The van der Waals surface area contributed by atoms with E-state index in [9.17, 15) is 4.79 Å². The zero-order valence-corrected chi connectivity index (χ0v) is 14.8. The molecule has 0 heterocycles. The van der Waals surface area contributed by atoms with Crippen molar-refractivity contribution in [3.05, 3.63) is 53.6 Å². The molecule has 25 heavy (non-hydrogen) atoms. The molecule has 2 aromatic rings. The first-order chi connectivity index (χ1) is 12.1. The summed E-state index contributed by atoms with van der Waals surface area (Å²) >= 11 is 0. The van der Waals surface area contributed by atoms with E-state index in [-0.39, 0.29) is 11.4 Å². The summed E-state index contributed by atoms with van der Waals surface area (Å²) in [7, 11) is 4.63. The SMILES string of the molecule is COc1cc(OC)c(C(=O)NC2(c3ccccc3)CCC2)cc1OC. The molecule has 1 saturated carbocycles. The summed E-state index contributed by atoms with van der Waals surface area (Å²) in [5, 5.41) is 3.21. The van der Waals surface area contributed by atoms with Gasteiger partial charge in [0.25, 0.3) is 5.91 Å². The van der Waals surface area contributed by atoms with Crippen molar-refractivity contribution >= 4 is 5.91 Å². The average molecular weight is 341 g/mol. The Labute approximate surface area is 147 Å². The number of carbonyl (C=O) groups excluding carboxylic acids is 1. The molecule has 3 rings (SSSR count). The van der Waals surface area contributed by atoms with E-state index in [1.165, 1.54) is 7.11 Å². The predicted octanol–water partition coefficient (Wildman–Crippen LogP) is 3.52. The van der Waals surface area contributed by atoms with Crippen molar-refractivity contribution in [1.29, 1.82) is 0 Å². The summed E-state index contributed by atoms with van der Waals surface area (Å²) < 4.78 is 16.0. The van der Waals surface area contributed by atoms with Gasteiger partial charge in [-0.05, 0) is 24.8 Å². The molecular formula is C20H23NO4. The van der Waals surface area contributed by atoms with E-state index in [2.05, 4.69) is 17.4 Å². The highest BCUT2D eigenvalue weighted by Gasteiger charge is 2.40. The van der Waals surface area contributed by atoms with Crippen LogP contribution in [0.2, 0.25) is 0 Å². The normalized spacial score (nSPS) is 15.0. The second-order valence-corrected chi connectivity index (χ2v) is 6.16. The molecular weight excluding hydrogens is 318 g/mol. The highest BCUT2D eigenvalue weighted by molar-refractivity contribution is 5.98.